The number of fused-ring (bicyclic) bond motifs is 3. The Balaban J connectivity index is 1.35. The Hall–Kier alpha value is -5.51. The van der Waals surface area contributed by atoms with Gasteiger partial charge in [0.1, 0.15) is 23.7 Å². The molecule has 2 aliphatic heterocycles. The summed E-state index contributed by atoms with van der Waals surface area (Å²) in [5.74, 6) is -3.17. The fourth-order valence-electron chi connectivity index (χ4n) is 6.82. The lowest BCUT2D eigenvalue weighted by molar-refractivity contribution is -0.141. The molecule has 0 radical (unpaired) electrons. The van der Waals surface area contributed by atoms with Crippen LogP contribution in [0.25, 0.3) is 16.8 Å². The van der Waals surface area contributed by atoms with Crippen molar-refractivity contribution in [3.05, 3.63) is 80.1 Å². The highest BCUT2D eigenvalue weighted by Crippen LogP contribution is 2.45. The molecular weight excluding hydrogens is 717 g/mol. The summed E-state index contributed by atoms with van der Waals surface area (Å²) in [5.41, 5.74) is -0.726. The summed E-state index contributed by atoms with van der Waals surface area (Å²) in [6.07, 6.45) is 9.78. The van der Waals surface area contributed by atoms with Crippen LogP contribution >= 0.6 is 0 Å². The number of sulfonamides is 1. The number of amides is 5. The van der Waals surface area contributed by atoms with Crippen molar-refractivity contribution in [3.8, 4) is 5.88 Å². The minimum atomic E-state index is -3.94. The third kappa shape index (κ3) is 8.33. The maximum absolute atomic E-state index is 14.6. The van der Waals surface area contributed by atoms with Crippen molar-refractivity contribution in [2.75, 3.05) is 26.2 Å². The van der Waals surface area contributed by atoms with Gasteiger partial charge in [-0.3, -0.25) is 23.9 Å². The quantitative estimate of drug-likeness (QED) is 0.226. The van der Waals surface area contributed by atoms with E-state index < -0.39 is 74.6 Å². The lowest BCUT2D eigenvalue weighted by Gasteiger charge is -2.32. The Morgan fingerprint density at radius 1 is 1.15 bits per heavy atom. The fraction of sp³-hybridized carbons (Fsp3) is 0.421. The molecule has 286 valence electrons. The van der Waals surface area contributed by atoms with Crippen molar-refractivity contribution in [1.82, 2.24) is 30.1 Å². The maximum atomic E-state index is 14.6. The van der Waals surface area contributed by atoms with E-state index in [9.17, 15) is 32.4 Å². The predicted molar refractivity (Wildman–Crippen MR) is 199 cm³/mol. The normalized spacial score (nSPS) is 26.2. The van der Waals surface area contributed by atoms with Gasteiger partial charge in [0.05, 0.1) is 24.9 Å². The van der Waals surface area contributed by atoms with Gasteiger partial charge in [-0.1, -0.05) is 43.0 Å². The monoisotopic (exact) mass is 760 g/mol. The highest BCUT2D eigenvalue weighted by Gasteiger charge is 2.62. The molecule has 2 aromatic rings. The first-order valence-electron chi connectivity index (χ1n) is 17.9. The number of hydrogen-bond donors (Lipinski definition) is 3. The second kappa shape index (κ2) is 15.8. The van der Waals surface area contributed by atoms with E-state index in [1.54, 1.807) is 6.20 Å². The van der Waals surface area contributed by atoms with Crippen molar-refractivity contribution in [3.63, 3.8) is 0 Å². The molecule has 54 heavy (non-hydrogen) atoms. The van der Waals surface area contributed by atoms with Gasteiger partial charge in [-0.15, -0.1) is 13.2 Å². The molecule has 3 N–H and O–H groups in total. The molecular formula is C38H44N6O9S. The summed E-state index contributed by atoms with van der Waals surface area (Å²) in [7, 11) is -3.94. The first kappa shape index (κ1) is 38.2. The van der Waals surface area contributed by atoms with Crippen LogP contribution in [0.2, 0.25) is 0 Å². The van der Waals surface area contributed by atoms with Gasteiger partial charge in [0, 0.05) is 30.5 Å². The number of nitrogens with one attached hydrogen (secondary N) is 3. The predicted octanol–water partition coefficient (Wildman–Crippen LogP) is 2.35. The van der Waals surface area contributed by atoms with Crippen LogP contribution in [0.1, 0.15) is 44.1 Å². The van der Waals surface area contributed by atoms with E-state index in [-0.39, 0.29) is 45.0 Å². The summed E-state index contributed by atoms with van der Waals surface area (Å²) >= 11 is 0. The molecule has 1 saturated heterocycles. The Bertz CT molecular complexity index is 2010. The minimum absolute atomic E-state index is 0.0203. The number of aromatic nitrogens is 1. The summed E-state index contributed by atoms with van der Waals surface area (Å²) in [5, 5.41) is 6.22. The van der Waals surface area contributed by atoms with Gasteiger partial charge in [0.2, 0.25) is 33.6 Å². The molecule has 2 saturated carbocycles. The second-order valence-electron chi connectivity index (χ2n) is 13.9. The summed E-state index contributed by atoms with van der Waals surface area (Å²) in [6.45, 7) is 10.6. The van der Waals surface area contributed by atoms with Crippen molar-refractivity contribution in [1.29, 1.82) is 0 Å². The lowest BCUT2D eigenvalue weighted by atomic mass is 10.1. The number of carbonyl (C=O) groups excluding carboxylic acids is 5. The van der Waals surface area contributed by atoms with E-state index in [0.717, 1.165) is 17.0 Å². The van der Waals surface area contributed by atoms with Crippen molar-refractivity contribution in [2.24, 2.45) is 5.92 Å². The number of benzene rings is 1. The highest BCUT2D eigenvalue weighted by molar-refractivity contribution is 7.91. The minimum Gasteiger partial charge on any atom is -0.472 e. The zero-order chi connectivity index (χ0) is 38.6. The highest BCUT2D eigenvalue weighted by atomic mass is 32.2. The lowest BCUT2D eigenvalue weighted by Crippen LogP contribution is -2.60. The zero-order valence-corrected chi connectivity index (χ0v) is 30.6. The molecule has 3 fully saturated rings. The van der Waals surface area contributed by atoms with Gasteiger partial charge in [0.25, 0.3) is 5.91 Å². The fourth-order valence-corrected chi connectivity index (χ4v) is 8.19. The van der Waals surface area contributed by atoms with E-state index in [1.165, 1.54) is 22.0 Å². The number of nitrogens with zero attached hydrogens (tertiary/aromatic N) is 3. The van der Waals surface area contributed by atoms with E-state index in [1.807, 2.05) is 36.4 Å². The number of carbonyl (C=O) groups is 5. The third-order valence-electron chi connectivity index (χ3n) is 10.0. The Morgan fingerprint density at radius 3 is 2.65 bits per heavy atom. The van der Waals surface area contributed by atoms with Gasteiger partial charge in [0.15, 0.2) is 0 Å². The van der Waals surface area contributed by atoms with Crippen LogP contribution < -0.4 is 20.1 Å². The third-order valence-corrected chi connectivity index (χ3v) is 11.8. The Kier molecular flexibility index (Phi) is 11.2. The van der Waals surface area contributed by atoms with Crippen molar-refractivity contribution < 1.29 is 41.9 Å². The van der Waals surface area contributed by atoms with E-state index >= 15 is 0 Å². The van der Waals surface area contributed by atoms with Crippen LogP contribution in [-0.4, -0.2) is 108 Å². The SMILES string of the molecule is C=CCN(C[C@@H]1NC(=O)OCCC/C=C/c2ccc3ccnc(c3c2)O[C@@H]2C[C@@H](C(=O)N[C@]3(C(=O)NS(=O)(=O)C4CC4)C[C@H]3C=C)N(C2)C1=O)C(=O)C=C. The summed E-state index contributed by atoms with van der Waals surface area (Å²) in [6, 6.07) is 4.99. The van der Waals surface area contributed by atoms with Crippen LogP contribution in [0.3, 0.4) is 0 Å². The molecule has 2 aliphatic carbocycles. The average Bonchev–Trinajstić information content (AvgIpc) is 4.08. The first-order chi connectivity index (χ1) is 25.9. The number of pyridine rings is 1. The van der Waals surface area contributed by atoms with Gasteiger partial charge >= 0.3 is 6.09 Å². The molecule has 0 spiro atoms. The molecule has 1 aromatic carbocycles. The topological polar surface area (TPSA) is 193 Å². The smallest absolute Gasteiger partial charge is 0.407 e. The standard InChI is InChI=1S/C38H44N6O9S/c1-4-17-43(32(45)6-3)23-30-35(47)44-22-27(20-31(44)33(46)41-38(21-26(38)5-2)36(48)42-54(50,51)28-13-14-28)53-34-29-19-24(11-12-25(29)15-16-39-34)10-8-7-9-18-52-37(49)40-30/h4-6,8,10-12,15-16,19,26-28,30-31H,1-3,7,9,13-14,17-18,20-23H2,(H,40,49)(H,41,46)(H,42,48)/b10-8+/t26-,27-,30+,31+,38-/m1/s1. The number of hydrogen-bond acceptors (Lipinski definition) is 10. The molecule has 3 heterocycles. The number of allylic oxidation sites excluding steroid dienone is 1. The van der Waals surface area contributed by atoms with Crippen LogP contribution in [0.5, 0.6) is 5.88 Å². The summed E-state index contributed by atoms with van der Waals surface area (Å²) < 4.78 is 39.4. The Labute approximate surface area is 313 Å². The molecule has 4 aliphatic rings. The average molecular weight is 761 g/mol. The molecule has 5 atom stereocenters. The summed E-state index contributed by atoms with van der Waals surface area (Å²) in [4.78, 5) is 75.2. The molecule has 4 bridgehead atoms. The molecule has 15 nitrogen and oxygen atoms in total. The van der Waals surface area contributed by atoms with Crippen LogP contribution in [0, 0.1) is 5.92 Å². The zero-order valence-electron chi connectivity index (χ0n) is 29.8. The van der Waals surface area contributed by atoms with E-state index in [0.29, 0.717) is 31.1 Å². The van der Waals surface area contributed by atoms with Crippen LogP contribution in [0.15, 0.2) is 74.5 Å². The van der Waals surface area contributed by atoms with Crippen LogP contribution in [0.4, 0.5) is 4.79 Å². The van der Waals surface area contributed by atoms with Crippen molar-refractivity contribution in [2.45, 2.75) is 67.5 Å². The number of cyclic esters (lactones) is 1. The Morgan fingerprint density at radius 2 is 1.94 bits per heavy atom. The van der Waals surface area contributed by atoms with Gasteiger partial charge in [-0.25, -0.2) is 18.2 Å². The molecule has 6 rings (SSSR count). The molecule has 5 amide bonds. The number of ether oxygens (including phenoxy) is 2. The van der Waals surface area contributed by atoms with E-state index in [2.05, 4.69) is 40.1 Å². The van der Waals surface area contributed by atoms with Crippen molar-refractivity contribution >= 4 is 56.6 Å². The maximum Gasteiger partial charge on any atom is 0.407 e. The van der Waals surface area contributed by atoms with E-state index in [4.69, 9.17) is 9.47 Å². The van der Waals surface area contributed by atoms with Crippen LogP contribution in [-0.2, 0) is 33.9 Å². The molecule has 0 unspecified atom stereocenters. The van der Waals surface area contributed by atoms with Gasteiger partial charge < -0.3 is 29.9 Å². The molecule has 16 heteroatoms. The first-order valence-corrected chi connectivity index (χ1v) is 19.4. The van der Waals surface area contributed by atoms with Gasteiger partial charge in [-0.2, -0.15) is 0 Å². The largest absolute Gasteiger partial charge is 0.472 e. The van der Waals surface area contributed by atoms with Gasteiger partial charge in [-0.05, 0) is 61.3 Å². The molecule has 1 aromatic heterocycles. The number of alkyl carbamates (subject to hydrolysis) is 1. The second-order valence-corrected chi connectivity index (χ2v) is 15.8. The number of rotatable bonds is 11.